The van der Waals surface area contributed by atoms with Crippen LogP contribution in [0.25, 0.3) is 0 Å². The van der Waals surface area contributed by atoms with Crippen LogP contribution in [0.15, 0.2) is 24.3 Å². The summed E-state index contributed by atoms with van der Waals surface area (Å²) >= 11 is 0. The number of urea groups is 1. The largest absolute Gasteiger partial charge is 0.390 e. The van der Waals surface area contributed by atoms with E-state index in [2.05, 4.69) is 0 Å². The van der Waals surface area contributed by atoms with Gasteiger partial charge in [-0.3, -0.25) is 4.79 Å². The van der Waals surface area contributed by atoms with Gasteiger partial charge in [-0.25, -0.2) is 9.69 Å². The molecule has 0 bridgehead atoms. The molecule has 5 nitrogen and oxygen atoms in total. The Morgan fingerprint density at radius 3 is 2.68 bits per heavy atom. The van der Waals surface area contributed by atoms with Crippen molar-refractivity contribution >= 4 is 17.6 Å². The topological polar surface area (TPSA) is 60.9 Å². The van der Waals surface area contributed by atoms with Gasteiger partial charge in [-0.1, -0.05) is 18.2 Å². The first-order chi connectivity index (χ1) is 9.11. The van der Waals surface area contributed by atoms with Crippen molar-refractivity contribution in [2.75, 3.05) is 11.4 Å². The third-order valence-corrected chi connectivity index (χ3v) is 3.87. The summed E-state index contributed by atoms with van der Waals surface area (Å²) in [6, 6.07) is 6.27. The number of carbonyl (C=O) groups is 2. The van der Waals surface area contributed by atoms with Crippen LogP contribution in [-0.4, -0.2) is 40.6 Å². The van der Waals surface area contributed by atoms with Gasteiger partial charge in [0.2, 0.25) is 0 Å². The predicted octanol–water partition coefficient (Wildman–Crippen LogP) is 1.29. The van der Waals surface area contributed by atoms with Gasteiger partial charge in [0, 0.05) is 6.54 Å². The molecule has 2 saturated heterocycles. The highest BCUT2D eigenvalue weighted by Crippen LogP contribution is 2.32. The van der Waals surface area contributed by atoms with Gasteiger partial charge in [-0.15, -0.1) is 0 Å². The monoisotopic (exact) mass is 260 g/mol. The van der Waals surface area contributed by atoms with Crippen molar-refractivity contribution in [1.82, 2.24) is 4.90 Å². The minimum absolute atomic E-state index is 0.313. The number of anilines is 1. The second kappa shape index (κ2) is 4.35. The van der Waals surface area contributed by atoms with E-state index in [-0.39, 0.29) is 11.9 Å². The molecule has 0 spiro atoms. The molecule has 3 amide bonds. The van der Waals surface area contributed by atoms with Gasteiger partial charge in [-0.05, 0) is 31.4 Å². The van der Waals surface area contributed by atoms with Gasteiger partial charge in [0.1, 0.15) is 6.04 Å². The zero-order valence-electron chi connectivity index (χ0n) is 10.7. The summed E-state index contributed by atoms with van der Waals surface area (Å²) in [5, 5.41) is 9.96. The van der Waals surface area contributed by atoms with Crippen LogP contribution in [0.1, 0.15) is 18.4 Å². The van der Waals surface area contributed by atoms with Crippen molar-refractivity contribution in [3.05, 3.63) is 29.8 Å². The minimum Gasteiger partial charge on any atom is -0.390 e. The number of aliphatic hydroxyl groups is 1. The average Bonchev–Trinajstić information content (AvgIpc) is 2.64. The van der Waals surface area contributed by atoms with Gasteiger partial charge in [0.15, 0.2) is 0 Å². The molecule has 5 heteroatoms. The van der Waals surface area contributed by atoms with Crippen LogP contribution in [0.4, 0.5) is 10.5 Å². The number of hydrogen-bond acceptors (Lipinski definition) is 3. The first-order valence-corrected chi connectivity index (χ1v) is 6.49. The molecule has 2 heterocycles. The number of piperidine rings is 1. The van der Waals surface area contributed by atoms with Gasteiger partial charge in [0.05, 0.1) is 11.8 Å². The zero-order chi connectivity index (χ0) is 13.6. The van der Waals surface area contributed by atoms with Crippen molar-refractivity contribution in [3.63, 3.8) is 0 Å². The maximum absolute atomic E-state index is 12.4. The molecule has 2 aliphatic rings. The third-order valence-electron chi connectivity index (χ3n) is 3.87. The molecule has 19 heavy (non-hydrogen) atoms. The van der Waals surface area contributed by atoms with Gasteiger partial charge in [0.25, 0.3) is 5.91 Å². The normalized spacial score (nSPS) is 26.8. The van der Waals surface area contributed by atoms with E-state index < -0.39 is 12.1 Å². The molecule has 2 unspecified atom stereocenters. The fourth-order valence-corrected chi connectivity index (χ4v) is 2.88. The molecule has 1 aromatic carbocycles. The fourth-order valence-electron chi connectivity index (χ4n) is 2.88. The lowest BCUT2D eigenvalue weighted by Gasteiger charge is -2.30. The van der Waals surface area contributed by atoms with E-state index in [0.29, 0.717) is 18.7 Å². The van der Waals surface area contributed by atoms with Crippen molar-refractivity contribution < 1.29 is 14.7 Å². The number of nitrogens with zero attached hydrogens (tertiary/aromatic N) is 2. The first kappa shape index (κ1) is 12.2. The highest BCUT2D eigenvalue weighted by Gasteiger charge is 2.50. The van der Waals surface area contributed by atoms with Crippen LogP contribution in [0.2, 0.25) is 0 Å². The number of hydrogen-bond donors (Lipinski definition) is 1. The summed E-state index contributed by atoms with van der Waals surface area (Å²) < 4.78 is 0. The maximum Gasteiger partial charge on any atom is 0.332 e. The van der Waals surface area contributed by atoms with E-state index in [1.54, 1.807) is 12.1 Å². The van der Waals surface area contributed by atoms with Crippen molar-refractivity contribution in [2.24, 2.45) is 0 Å². The smallest absolute Gasteiger partial charge is 0.332 e. The minimum atomic E-state index is -0.751. The molecule has 1 aromatic rings. The number of benzene rings is 1. The lowest BCUT2D eigenvalue weighted by Crippen LogP contribution is -2.48. The Kier molecular flexibility index (Phi) is 2.78. The van der Waals surface area contributed by atoms with Crippen LogP contribution < -0.4 is 4.90 Å². The second-order valence-electron chi connectivity index (χ2n) is 5.09. The Bertz CT molecular complexity index is 543. The van der Waals surface area contributed by atoms with E-state index in [4.69, 9.17) is 0 Å². The van der Waals surface area contributed by atoms with E-state index in [0.717, 1.165) is 12.0 Å². The summed E-state index contributed by atoms with van der Waals surface area (Å²) in [6.45, 7) is 2.40. The van der Waals surface area contributed by atoms with Crippen molar-refractivity contribution in [1.29, 1.82) is 0 Å². The summed E-state index contributed by atoms with van der Waals surface area (Å²) in [7, 11) is 0. The standard InChI is InChI=1S/C14H16N2O3/c1-9-5-2-3-6-10(9)16-13(18)12-11(17)7-4-8-15(12)14(16)19/h2-3,5-6,11-12,17H,4,7-8H2,1H3. The molecule has 2 aliphatic heterocycles. The van der Waals surface area contributed by atoms with Crippen molar-refractivity contribution in [2.45, 2.75) is 31.9 Å². The number of carbonyl (C=O) groups excluding carboxylic acids is 2. The number of amides is 3. The van der Waals surface area contributed by atoms with E-state index >= 15 is 0 Å². The van der Waals surface area contributed by atoms with Crippen molar-refractivity contribution in [3.8, 4) is 0 Å². The Morgan fingerprint density at radius 1 is 1.26 bits per heavy atom. The summed E-state index contributed by atoms with van der Waals surface area (Å²) in [5.41, 5.74) is 1.48. The molecule has 1 N–H and O–H groups in total. The number of fused-ring (bicyclic) bond motifs is 1. The lowest BCUT2D eigenvalue weighted by molar-refractivity contribution is -0.124. The van der Waals surface area contributed by atoms with E-state index in [1.807, 2.05) is 19.1 Å². The number of para-hydroxylation sites is 1. The van der Waals surface area contributed by atoms with Crippen LogP contribution in [0.3, 0.4) is 0 Å². The molecule has 0 saturated carbocycles. The highest BCUT2D eigenvalue weighted by atomic mass is 16.3. The Hall–Kier alpha value is -1.88. The molecule has 2 fully saturated rings. The second-order valence-corrected chi connectivity index (χ2v) is 5.09. The van der Waals surface area contributed by atoms with Crippen LogP contribution in [0, 0.1) is 6.92 Å². The molecular formula is C14H16N2O3. The molecule has 100 valence electrons. The van der Waals surface area contributed by atoms with Gasteiger partial charge < -0.3 is 10.0 Å². The quantitative estimate of drug-likeness (QED) is 0.774. The third kappa shape index (κ3) is 1.73. The summed E-state index contributed by atoms with van der Waals surface area (Å²) in [4.78, 5) is 27.5. The van der Waals surface area contributed by atoms with E-state index in [9.17, 15) is 14.7 Å². The molecule has 0 radical (unpaired) electrons. The number of aliphatic hydroxyl groups excluding tert-OH is 1. The van der Waals surface area contributed by atoms with Crippen LogP contribution in [-0.2, 0) is 4.79 Å². The van der Waals surface area contributed by atoms with Crippen LogP contribution >= 0.6 is 0 Å². The first-order valence-electron chi connectivity index (χ1n) is 6.49. The molecule has 3 rings (SSSR count). The molecule has 0 aliphatic carbocycles. The average molecular weight is 260 g/mol. The predicted molar refractivity (Wildman–Crippen MR) is 69.8 cm³/mol. The summed E-state index contributed by atoms with van der Waals surface area (Å²) in [5.74, 6) is -0.313. The zero-order valence-corrected chi connectivity index (χ0v) is 10.7. The summed E-state index contributed by atoms with van der Waals surface area (Å²) in [6.07, 6.45) is 0.555. The number of imide groups is 1. The lowest BCUT2D eigenvalue weighted by atomic mass is 10.00. The molecular weight excluding hydrogens is 244 g/mol. The molecule has 0 aromatic heterocycles. The SMILES string of the molecule is Cc1ccccc1N1C(=O)C2C(O)CCCN2C1=O. The molecule has 2 atom stereocenters. The van der Waals surface area contributed by atoms with Gasteiger partial charge in [-0.2, -0.15) is 0 Å². The number of rotatable bonds is 1. The Balaban J connectivity index is 2.02. The van der Waals surface area contributed by atoms with Crippen LogP contribution in [0.5, 0.6) is 0 Å². The fraction of sp³-hybridized carbons (Fsp3) is 0.429. The maximum atomic E-state index is 12.4. The Labute approximate surface area is 111 Å². The van der Waals surface area contributed by atoms with E-state index in [1.165, 1.54) is 9.80 Å². The number of aryl methyl sites for hydroxylation is 1. The Morgan fingerprint density at radius 2 is 2.00 bits per heavy atom. The van der Waals surface area contributed by atoms with Gasteiger partial charge >= 0.3 is 6.03 Å². The highest BCUT2D eigenvalue weighted by molar-refractivity contribution is 6.22.